The van der Waals surface area contributed by atoms with Crippen LogP contribution < -0.4 is 0 Å². The van der Waals surface area contributed by atoms with Crippen molar-refractivity contribution in [2.45, 2.75) is 33.2 Å². The summed E-state index contributed by atoms with van der Waals surface area (Å²) in [6.45, 7) is 8.99. The molecule has 2 unspecified atom stereocenters. The molecule has 0 aromatic rings. The molecule has 1 amide bonds. The van der Waals surface area contributed by atoms with Gasteiger partial charge in [-0.05, 0) is 19.8 Å². The summed E-state index contributed by atoms with van der Waals surface area (Å²) in [5.41, 5.74) is -1.60. The monoisotopic (exact) mass is 290 g/mol. The second-order valence-electron chi connectivity index (χ2n) is 6.43. The normalized spacial score (nSPS) is 29.2. The molecule has 2 heterocycles. The molecule has 0 aliphatic carbocycles. The minimum Gasteiger partial charge on any atom is -0.379 e. The van der Waals surface area contributed by atoms with Gasteiger partial charge in [-0.2, -0.15) is 0 Å². The van der Waals surface area contributed by atoms with Gasteiger partial charge in [0.2, 0.25) is 5.91 Å². The van der Waals surface area contributed by atoms with Gasteiger partial charge in [0.05, 0.1) is 13.2 Å². The highest BCUT2D eigenvalue weighted by molar-refractivity contribution is 5.82. The third-order valence-electron chi connectivity index (χ3n) is 4.47. The number of hydrogen-bond acceptors (Lipinski definition) is 3. The Hall–Kier alpha value is -0.750. The molecule has 4 nitrogen and oxygen atoms in total. The van der Waals surface area contributed by atoms with Crippen LogP contribution in [0.3, 0.4) is 0 Å². The number of likely N-dealkylation sites (tertiary alicyclic amines) is 1. The molecule has 6 heteroatoms. The molecular formula is C14H24F2N2O2. The van der Waals surface area contributed by atoms with Crippen LogP contribution in [0.2, 0.25) is 0 Å². The maximum Gasteiger partial charge on any atom is 0.252 e. The Morgan fingerprint density at radius 1 is 1.25 bits per heavy atom. The lowest BCUT2D eigenvalue weighted by Crippen LogP contribution is -2.48. The van der Waals surface area contributed by atoms with Crippen LogP contribution in [0, 0.1) is 11.3 Å². The lowest BCUT2D eigenvalue weighted by molar-refractivity contribution is -0.148. The summed E-state index contributed by atoms with van der Waals surface area (Å²) in [5.74, 6) is -0.124. The minimum absolute atomic E-state index is 0.260. The minimum atomic E-state index is -2.63. The van der Waals surface area contributed by atoms with Gasteiger partial charge in [-0.1, -0.05) is 6.92 Å². The van der Waals surface area contributed by atoms with Gasteiger partial charge >= 0.3 is 0 Å². The van der Waals surface area contributed by atoms with Gasteiger partial charge in [0, 0.05) is 32.2 Å². The zero-order valence-corrected chi connectivity index (χ0v) is 12.4. The van der Waals surface area contributed by atoms with Gasteiger partial charge in [0.1, 0.15) is 5.41 Å². The zero-order valence-electron chi connectivity index (χ0n) is 12.4. The third kappa shape index (κ3) is 2.96. The van der Waals surface area contributed by atoms with Gasteiger partial charge in [0.15, 0.2) is 0 Å². The van der Waals surface area contributed by atoms with Crippen molar-refractivity contribution >= 4 is 5.91 Å². The van der Waals surface area contributed by atoms with E-state index >= 15 is 0 Å². The fourth-order valence-corrected chi connectivity index (χ4v) is 3.00. The van der Waals surface area contributed by atoms with Crippen molar-refractivity contribution in [3.05, 3.63) is 0 Å². The topological polar surface area (TPSA) is 32.8 Å². The Kier molecular flexibility index (Phi) is 4.64. The molecule has 116 valence electrons. The van der Waals surface area contributed by atoms with E-state index in [1.165, 1.54) is 13.8 Å². The molecule has 2 aliphatic rings. The average Bonchev–Trinajstić information content (AvgIpc) is 2.80. The van der Waals surface area contributed by atoms with E-state index in [-0.39, 0.29) is 6.04 Å². The van der Waals surface area contributed by atoms with E-state index in [1.807, 2.05) is 0 Å². The quantitative estimate of drug-likeness (QED) is 0.789. The molecule has 0 N–H and O–H groups in total. The molecule has 0 aromatic heterocycles. The molecule has 0 saturated carbocycles. The summed E-state index contributed by atoms with van der Waals surface area (Å²) in [6.07, 6.45) is -2.63. The van der Waals surface area contributed by atoms with E-state index in [0.29, 0.717) is 32.2 Å². The molecule has 0 bridgehead atoms. The largest absolute Gasteiger partial charge is 0.379 e. The number of hydrogen-bond donors (Lipinski definition) is 0. The van der Waals surface area contributed by atoms with Crippen LogP contribution in [0.25, 0.3) is 0 Å². The highest BCUT2D eigenvalue weighted by atomic mass is 19.3. The van der Waals surface area contributed by atoms with Crippen molar-refractivity contribution in [3.8, 4) is 0 Å². The molecule has 2 saturated heterocycles. The Balaban J connectivity index is 2.01. The molecule has 20 heavy (non-hydrogen) atoms. The van der Waals surface area contributed by atoms with Gasteiger partial charge in [0.25, 0.3) is 6.43 Å². The average molecular weight is 290 g/mol. The van der Waals surface area contributed by atoms with Gasteiger partial charge < -0.3 is 9.64 Å². The molecule has 2 rings (SSSR count). The summed E-state index contributed by atoms with van der Waals surface area (Å²) in [5, 5.41) is 0. The Morgan fingerprint density at radius 3 is 2.40 bits per heavy atom. The van der Waals surface area contributed by atoms with Crippen molar-refractivity contribution in [1.82, 2.24) is 9.80 Å². The molecule has 0 radical (unpaired) electrons. The van der Waals surface area contributed by atoms with Crippen LogP contribution in [-0.4, -0.2) is 67.6 Å². The standard InChI is InChI=1S/C14H24F2N2O2/c1-10-8-18(13(19)14(2,3)12(15)16)9-11(10)17-4-6-20-7-5-17/h10-12H,4-9H2,1-3H3. The first-order valence-electron chi connectivity index (χ1n) is 7.23. The Morgan fingerprint density at radius 2 is 1.85 bits per heavy atom. The zero-order chi connectivity index (χ0) is 14.9. The summed E-state index contributed by atoms with van der Waals surface area (Å²) in [7, 11) is 0. The first kappa shape index (κ1) is 15.6. The fraction of sp³-hybridized carbons (Fsp3) is 0.929. The Bertz CT molecular complexity index is 357. The number of ether oxygens (including phenoxy) is 1. The van der Waals surface area contributed by atoms with E-state index in [4.69, 9.17) is 4.74 Å². The lowest BCUT2D eigenvalue weighted by atomic mass is 9.92. The number of morpholine rings is 1. The maximum atomic E-state index is 13.0. The van der Waals surface area contributed by atoms with E-state index < -0.39 is 17.7 Å². The summed E-state index contributed by atoms with van der Waals surface area (Å²) in [4.78, 5) is 16.2. The SMILES string of the molecule is CC1CN(C(=O)C(C)(C)C(F)F)CC1N1CCOCC1. The molecule has 2 aliphatic heterocycles. The first-order valence-corrected chi connectivity index (χ1v) is 7.23. The number of carbonyl (C=O) groups is 1. The molecule has 0 spiro atoms. The predicted octanol–water partition coefficient (Wildman–Crippen LogP) is 1.46. The fourth-order valence-electron chi connectivity index (χ4n) is 3.00. The van der Waals surface area contributed by atoms with Crippen molar-refractivity contribution in [2.24, 2.45) is 11.3 Å². The predicted molar refractivity (Wildman–Crippen MR) is 71.7 cm³/mol. The second kappa shape index (κ2) is 5.93. The molecule has 2 fully saturated rings. The van der Waals surface area contributed by atoms with Crippen molar-refractivity contribution in [1.29, 1.82) is 0 Å². The van der Waals surface area contributed by atoms with Crippen LogP contribution in [0.15, 0.2) is 0 Å². The second-order valence-corrected chi connectivity index (χ2v) is 6.43. The van der Waals surface area contributed by atoms with Crippen LogP contribution in [0.1, 0.15) is 20.8 Å². The first-order chi connectivity index (χ1) is 9.34. The summed E-state index contributed by atoms with van der Waals surface area (Å²) in [6, 6.07) is 0.260. The van der Waals surface area contributed by atoms with Gasteiger partial charge in [-0.3, -0.25) is 9.69 Å². The summed E-state index contributed by atoms with van der Waals surface area (Å²) < 4.78 is 31.3. The number of carbonyl (C=O) groups excluding carboxylic acids is 1. The van der Waals surface area contributed by atoms with Crippen molar-refractivity contribution in [2.75, 3.05) is 39.4 Å². The Labute approximate surface area is 119 Å². The number of alkyl halides is 2. The van der Waals surface area contributed by atoms with E-state index in [2.05, 4.69) is 11.8 Å². The van der Waals surface area contributed by atoms with Crippen LogP contribution in [0.5, 0.6) is 0 Å². The number of rotatable bonds is 3. The van der Waals surface area contributed by atoms with Crippen LogP contribution in [0.4, 0.5) is 8.78 Å². The third-order valence-corrected chi connectivity index (χ3v) is 4.47. The number of amides is 1. The van der Waals surface area contributed by atoms with Gasteiger partial charge in [-0.15, -0.1) is 0 Å². The number of halogens is 2. The molecular weight excluding hydrogens is 266 g/mol. The van der Waals surface area contributed by atoms with Gasteiger partial charge in [-0.25, -0.2) is 8.78 Å². The van der Waals surface area contributed by atoms with Crippen LogP contribution >= 0.6 is 0 Å². The summed E-state index contributed by atoms with van der Waals surface area (Å²) >= 11 is 0. The highest BCUT2D eigenvalue weighted by Gasteiger charge is 2.45. The van der Waals surface area contributed by atoms with Crippen molar-refractivity contribution in [3.63, 3.8) is 0 Å². The smallest absolute Gasteiger partial charge is 0.252 e. The highest BCUT2D eigenvalue weighted by Crippen LogP contribution is 2.31. The lowest BCUT2D eigenvalue weighted by Gasteiger charge is -2.34. The van der Waals surface area contributed by atoms with E-state index in [0.717, 1.165) is 13.1 Å². The van der Waals surface area contributed by atoms with E-state index in [9.17, 15) is 13.6 Å². The molecule has 2 atom stereocenters. The number of nitrogens with zero attached hydrogens (tertiary/aromatic N) is 2. The van der Waals surface area contributed by atoms with Crippen LogP contribution in [-0.2, 0) is 9.53 Å². The molecule has 0 aromatic carbocycles. The van der Waals surface area contributed by atoms with E-state index in [1.54, 1.807) is 4.90 Å². The maximum absolute atomic E-state index is 13.0. The van der Waals surface area contributed by atoms with Crippen molar-refractivity contribution < 1.29 is 18.3 Å².